The number of anilines is 2. The maximum absolute atomic E-state index is 13.2. The van der Waals surface area contributed by atoms with Crippen LogP contribution in [0.5, 0.6) is 0 Å². The third-order valence-electron chi connectivity index (χ3n) is 4.46. The lowest BCUT2D eigenvalue weighted by Gasteiger charge is -2.27. The molecule has 0 spiro atoms. The van der Waals surface area contributed by atoms with E-state index in [9.17, 15) is 14.0 Å². The molecule has 5 nitrogen and oxygen atoms in total. The Hall–Kier alpha value is -3.22. The molecule has 0 aliphatic heterocycles. The summed E-state index contributed by atoms with van der Waals surface area (Å²) in [5.74, 6) is -1.03. The molecule has 0 aliphatic carbocycles. The average molecular weight is 426 g/mol. The molecule has 2 amide bonds. The summed E-state index contributed by atoms with van der Waals surface area (Å²) in [6.45, 7) is -0.0401. The molecule has 1 atom stereocenters. The van der Waals surface area contributed by atoms with E-state index in [1.807, 2.05) is 30.3 Å². The number of amides is 2. The van der Waals surface area contributed by atoms with Crippen LogP contribution in [-0.2, 0) is 9.59 Å². The maximum atomic E-state index is 13.2. The van der Waals surface area contributed by atoms with E-state index < -0.39 is 6.04 Å². The van der Waals surface area contributed by atoms with Crippen molar-refractivity contribution < 1.29 is 14.0 Å². The van der Waals surface area contributed by atoms with Gasteiger partial charge in [0.15, 0.2) is 0 Å². The van der Waals surface area contributed by atoms with Crippen molar-refractivity contribution >= 4 is 34.8 Å². The van der Waals surface area contributed by atoms with Gasteiger partial charge in [-0.25, -0.2) is 4.39 Å². The van der Waals surface area contributed by atoms with E-state index in [0.29, 0.717) is 16.4 Å². The van der Waals surface area contributed by atoms with Gasteiger partial charge in [-0.3, -0.25) is 14.5 Å². The fraction of sp³-hybridized carbons (Fsp3) is 0.130. The smallest absolute Gasteiger partial charge is 0.246 e. The average Bonchev–Trinajstić information content (AvgIpc) is 2.72. The SMILES string of the molecule is CN(CC(=O)Nc1ccccc1Cl)[C@@H](C(=O)Nc1ccc(F)cc1)c1ccccc1. The summed E-state index contributed by atoms with van der Waals surface area (Å²) in [5, 5.41) is 5.97. The van der Waals surface area contributed by atoms with Gasteiger partial charge in [-0.15, -0.1) is 0 Å². The minimum Gasteiger partial charge on any atom is -0.324 e. The van der Waals surface area contributed by atoms with E-state index >= 15 is 0 Å². The fourth-order valence-electron chi connectivity index (χ4n) is 3.06. The zero-order valence-electron chi connectivity index (χ0n) is 16.3. The van der Waals surface area contributed by atoms with Crippen LogP contribution in [0.3, 0.4) is 0 Å². The number of para-hydroxylation sites is 1. The summed E-state index contributed by atoms with van der Waals surface area (Å²) < 4.78 is 13.2. The summed E-state index contributed by atoms with van der Waals surface area (Å²) in [4.78, 5) is 27.2. The van der Waals surface area contributed by atoms with Gasteiger partial charge >= 0.3 is 0 Å². The number of carbonyl (C=O) groups is 2. The molecule has 3 aromatic carbocycles. The number of benzene rings is 3. The van der Waals surface area contributed by atoms with Gasteiger partial charge in [0.1, 0.15) is 11.9 Å². The minimum absolute atomic E-state index is 0.0401. The Labute approximate surface area is 179 Å². The summed E-state index contributed by atoms with van der Waals surface area (Å²) in [7, 11) is 1.69. The number of nitrogens with zero attached hydrogens (tertiary/aromatic N) is 1. The molecular formula is C23H21ClFN3O2. The minimum atomic E-state index is -0.728. The Morgan fingerprint density at radius 2 is 1.57 bits per heavy atom. The molecule has 0 fully saturated rings. The van der Waals surface area contributed by atoms with Gasteiger partial charge in [0.2, 0.25) is 11.8 Å². The third kappa shape index (κ3) is 5.65. The number of carbonyl (C=O) groups excluding carboxylic acids is 2. The van der Waals surface area contributed by atoms with E-state index in [-0.39, 0.29) is 24.2 Å². The van der Waals surface area contributed by atoms with E-state index in [1.54, 1.807) is 36.2 Å². The molecule has 0 heterocycles. The van der Waals surface area contributed by atoms with Gasteiger partial charge in [-0.1, -0.05) is 54.1 Å². The predicted octanol–water partition coefficient (Wildman–Crippen LogP) is 4.73. The van der Waals surface area contributed by atoms with Crippen molar-refractivity contribution in [3.05, 3.63) is 95.3 Å². The lowest BCUT2D eigenvalue weighted by Crippen LogP contribution is -2.39. The fourth-order valence-corrected chi connectivity index (χ4v) is 3.24. The Balaban J connectivity index is 1.76. The van der Waals surface area contributed by atoms with Crippen LogP contribution in [0, 0.1) is 5.82 Å². The third-order valence-corrected chi connectivity index (χ3v) is 4.79. The van der Waals surface area contributed by atoms with Crippen LogP contribution >= 0.6 is 11.6 Å². The van der Waals surface area contributed by atoms with Crippen LogP contribution in [0.4, 0.5) is 15.8 Å². The Morgan fingerprint density at radius 1 is 0.933 bits per heavy atom. The highest BCUT2D eigenvalue weighted by Gasteiger charge is 2.27. The number of halogens is 2. The Kier molecular flexibility index (Phi) is 7.17. The molecule has 2 N–H and O–H groups in total. The number of rotatable bonds is 7. The van der Waals surface area contributed by atoms with Crippen molar-refractivity contribution in [2.45, 2.75) is 6.04 Å². The van der Waals surface area contributed by atoms with Crippen molar-refractivity contribution in [1.82, 2.24) is 4.90 Å². The molecule has 0 saturated carbocycles. The molecule has 3 rings (SSSR count). The molecule has 0 saturated heterocycles. The van der Waals surface area contributed by atoms with Gasteiger partial charge in [-0.05, 0) is 49.0 Å². The molecule has 0 radical (unpaired) electrons. The zero-order valence-corrected chi connectivity index (χ0v) is 17.1. The van der Waals surface area contributed by atoms with Crippen molar-refractivity contribution in [2.24, 2.45) is 0 Å². The maximum Gasteiger partial charge on any atom is 0.246 e. The number of likely N-dealkylation sites (N-methyl/N-ethyl adjacent to an activating group) is 1. The van der Waals surface area contributed by atoms with E-state index in [0.717, 1.165) is 5.56 Å². The molecule has 0 bridgehead atoms. The Bertz CT molecular complexity index is 1010. The van der Waals surface area contributed by atoms with Gasteiger partial charge in [-0.2, -0.15) is 0 Å². The van der Waals surface area contributed by atoms with Crippen molar-refractivity contribution in [1.29, 1.82) is 0 Å². The van der Waals surface area contributed by atoms with Crippen molar-refractivity contribution in [2.75, 3.05) is 24.2 Å². The highest BCUT2D eigenvalue weighted by Crippen LogP contribution is 2.23. The molecule has 3 aromatic rings. The second-order valence-corrected chi connectivity index (χ2v) is 7.16. The first-order chi connectivity index (χ1) is 14.4. The van der Waals surface area contributed by atoms with Gasteiger partial charge < -0.3 is 10.6 Å². The molecule has 0 unspecified atom stereocenters. The van der Waals surface area contributed by atoms with E-state index in [2.05, 4.69) is 10.6 Å². The second-order valence-electron chi connectivity index (χ2n) is 6.75. The largest absolute Gasteiger partial charge is 0.324 e. The second kappa shape index (κ2) is 10.0. The summed E-state index contributed by atoms with van der Waals surface area (Å²) >= 11 is 6.10. The molecular weight excluding hydrogens is 405 g/mol. The highest BCUT2D eigenvalue weighted by molar-refractivity contribution is 6.33. The van der Waals surface area contributed by atoms with E-state index in [4.69, 9.17) is 11.6 Å². The summed E-state index contributed by atoms with van der Waals surface area (Å²) in [6, 6.07) is 20.9. The van der Waals surface area contributed by atoms with E-state index in [1.165, 1.54) is 24.3 Å². The Morgan fingerprint density at radius 3 is 2.23 bits per heavy atom. The van der Waals surface area contributed by atoms with Gasteiger partial charge in [0.25, 0.3) is 0 Å². The first-order valence-corrected chi connectivity index (χ1v) is 9.68. The first kappa shape index (κ1) is 21.5. The van der Waals surface area contributed by atoms with Crippen LogP contribution in [0.2, 0.25) is 5.02 Å². The van der Waals surface area contributed by atoms with Crippen LogP contribution in [0.25, 0.3) is 0 Å². The molecule has 0 aliphatic rings. The predicted molar refractivity (Wildman–Crippen MR) is 117 cm³/mol. The normalized spacial score (nSPS) is 11.7. The molecule has 154 valence electrons. The lowest BCUT2D eigenvalue weighted by atomic mass is 10.0. The van der Waals surface area contributed by atoms with Crippen LogP contribution in [0.1, 0.15) is 11.6 Å². The van der Waals surface area contributed by atoms with Crippen molar-refractivity contribution in [3.8, 4) is 0 Å². The number of hydrogen-bond acceptors (Lipinski definition) is 3. The zero-order chi connectivity index (χ0) is 21.5. The van der Waals surface area contributed by atoms with Crippen LogP contribution < -0.4 is 10.6 Å². The number of nitrogens with one attached hydrogen (secondary N) is 2. The lowest BCUT2D eigenvalue weighted by molar-refractivity contribution is -0.123. The summed E-state index contributed by atoms with van der Waals surface area (Å²) in [5.41, 5.74) is 1.70. The summed E-state index contributed by atoms with van der Waals surface area (Å²) in [6.07, 6.45) is 0. The quantitative estimate of drug-likeness (QED) is 0.575. The highest BCUT2D eigenvalue weighted by atomic mass is 35.5. The van der Waals surface area contributed by atoms with Gasteiger partial charge in [0.05, 0.1) is 17.3 Å². The van der Waals surface area contributed by atoms with Crippen LogP contribution in [0.15, 0.2) is 78.9 Å². The monoisotopic (exact) mass is 425 g/mol. The topological polar surface area (TPSA) is 61.4 Å². The van der Waals surface area contributed by atoms with Crippen LogP contribution in [-0.4, -0.2) is 30.3 Å². The van der Waals surface area contributed by atoms with Crippen molar-refractivity contribution in [3.63, 3.8) is 0 Å². The molecule has 0 aromatic heterocycles. The molecule has 7 heteroatoms. The molecule has 30 heavy (non-hydrogen) atoms. The van der Waals surface area contributed by atoms with Gasteiger partial charge in [0, 0.05) is 5.69 Å². The standard InChI is InChI=1S/C23H21ClFN3O2/c1-28(15-21(29)27-20-10-6-5-9-19(20)24)22(16-7-3-2-4-8-16)23(30)26-18-13-11-17(25)12-14-18/h2-14,22H,15H2,1H3,(H,26,30)(H,27,29)/t22-/m1/s1. The first-order valence-electron chi connectivity index (χ1n) is 9.30. The number of hydrogen-bond donors (Lipinski definition) is 2.